The highest BCUT2D eigenvalue weighted by molar-refractivity contribution is 6.05. The summed E-state index contributed by atoms with van der Waals surface area (Å²) >= 11 is 0. The summed E-state index contributed by atoms with van der Waals surface area (Å²) in [7, 11) is 0. The van der Waals surface area contributed by atoms with Crippen molar-refractivity contribution in [2.75, 3.05) is 5.32 Å². The maximum Gasteiger partial charge on any atom is 0.338 e. The lowest BCUT2D eigenvalue weighted by Gasteiger charge is -2.19. The fraction of sp³-hybridized carbons (Fsp3) is 0.286. The van der Waals surface area contributed by atoms with Crippen molar-refractivity contribution in [3.05, 3.63) is 35.0 Å². The molecule has 2 N–H and O–H groups in total. The predicted molar refractivity (Wildman–Crippen MR) is 75.5 cm³/mol. The van der Waals surface area contributed by atoms with E-state index in [4.69, 9.17) is 0 Å². The number of hydroxylamine groups is 1. The maximum atomic E-state index is 11.5. The van der Waals surface area contributed by atoms with Crippen LogP contribution in [0.25, 0.3) is 0 Å². The highest BCUT2D eigenvalue weighted by Crippen LogP contribution is 2.13. The Morgan fingerprint density at radius 1 is 1.29 bits per heavy atom. The van der Waals surface area contributed by atoms with Gasteiger partial charge in [0.05, 0.1) is 12.8 Å². The van der Waals surface area contributed by atoms with Gasteiger partial charge in [-0.25, -0.2) is 4.79 Å². The number of ketones is 1. The molecule has 1 aromatic carbocycles. The number of benzene rings is 1. The van der Waals surface area contributed by atoms with E-state index in [-0.39, 0.29) is 24.5 Å². The highest BCUT2D eigenvalue weighted by atomic mass is 16.5. The lowest BCUT2D eigenvalue weighted by Crippen LogP contribution is -3.06. The Kier molecular flexibility index (Phi) is 4.56. The van der Waals surface area contributed by atoms with Crippen molar-refractivity contribution in [1.29, 1.82) is 0 Å². The van der Waals surface area contributed by atoms with Crippen LogP contribution in [0.5, 0.6) is 0 Å². The van der Waals surface area contributed by atoms with Crippen LogP contribution < -0.4 is 10.5 Å². The molecule has 1 aliphatic rings. The van der Waals surface area contributed by atoms with Gasteiger partial charge in [-0.2, -0.15) is 5.17 Å². The molecule has 110 valence electrons. The van der Waals surface area contributed by atoms with Crippen LogP contribution in [0.15, 0.2) is 29.4 Å². The first-order chi connectivity index (χ1) is 9.95. The molecule has 7 heteroatoms. The van der Waals surface area contributed by atoms with Crippen LogP contribution >= 0.6 is 0 Å². The maximum absolute atomic E-state index is 11.5. The number of nitrogens with zero attached hydrogens (tertiary/aromatic N) is 1. The Labute approximate surface area is 121 Å². The number of Topliss-reactive ketones (excluding diaryl/α,β-unsaturated/α-hetero) is 1. The minimum absolute atomic E-state index is 0.162. The molecule has 1 heterocycles. The molecule has 1 atom stereocenters. The number of carbonyl (C=O) groups excluding carboxylic acids is 3. The molecule has 1 aromatic rings. The average Bonchev–Trinajstić information content (AvgIpc) is 2.42. The van der Waals surface area contributed by atoms with Gasteiger partial charge in [-0.15, -0.1) is 0 Å². The average molecular weight is 289 g/mol. The second-order valence-corrected chi connectivity index (χ2v) is 4.79. The summed E-state index contributed by atoms with van der Waals surface area (Å²) in [6.45, 7) is 1.35. The highest BCUT2D eigenvalue weighted by Gasteiger charge is 2.20. The third-order valence-corrected chi connectivity index (χ3v) is 2.98. The molecule has 0 radical (unpaired) electrons. The van der Waals surface area contributed by atoms with E-state index in [1.807, 2.05) is 0 Å². The molecule has 1 unspecified atom stereocenters. The monoisotopic (exact) mass is 289 g/mol. The van der Waals surface area contributed by atoms with Gasteiger partial charge in [0.1, 0.15) is 11.5 Å². The van der Waals surface area contributed by atoms with E-state index in [1.165, 1.54) is 6.92 Å². The fourth-order valence-electron chi connectivity index (χ4n) is 1.97. The van der Waals surface area contributed by atoms with Crippen LogP contribution in [-0.2, 0) is 14.4 Å². The second kappa shape index (κ2) is 6.38. The SMILES string of the molecule is CC(=O)CC(=O)Nc1ccc(C2=N[NH+]([O-])C(=O)CC2)cc1. The third kappa shape index (κ3) is 4.04. The fourth-order valence-corrected chi connectivity index (χ4v) is 1.97. The molecule has 0 aliphatic carbocycles. The summed E-state index contributed by atoms with van der Waals surface area (Å²) in [6.07, 6.45) is 0.445. The lowest BCUT2D eigenvalue weighted by atomic mass is 10.0. The molecule has 0 fully saturated rings. The topological polar surface area (TPSA) is 103 Å². The molecule has 0 saturated carbocycles. The number of hydrogen-bond donors (Lipinski definition) is 2. The van der Waals surface area contributed by atoms with Crippen molar-refractivity contribution in [3.8, 4) is 0 Å². The number of amides is 2. The summed E-state index contributed by atoms with van der Waals surface area (Å²) in [5, 5.41) is 16.9. The van der Waals surface area contributed by atoms with Gasteiger partial charge in [-0.1, -0.05) is 17.2 Å². The van der Waals surface area contributed by atoms with Crippen molar-refractivity contribution in [3.63, 3.8) is 0 Å². The van der Waals surface area contributed by atoms with Gasteiger partial charge in [0.2, 0.25) is 5.91 Å². The molecule has 0 bridgehead atoms. The van der Waals surface area contributed by atoms with Crippen LogP contribution in [0.3, 0.4) is 0 Å². The van der Waals surface area contributed by atoms with E-state index in [0.717, 1.165) is 5.56 Å². The predicted octanol–water partition coefficient (Wildman–Crippen LogP) is 0.0114. The number of carbonyl (C=O) groups is 3. The van der Waals surface area contributed by atoms with Crippen molar-refractivity contribution < 1.29 is 19.6 Å². The minimum atomic E-state index is -0.713. The Balaban J connectivity index is 2.06. The van der Waals surface area contributed by atoms with E-state index >= 15 is 0 Å². The molecule has 7 nitrogen and oxygen atoms in total. The van der Waals surface area contributed by atoms with Gasteiger partial charge in [-0.05, 0) is 19.1 Å². The van der Waals surface area contributed by atoms with E-state index in [9.17, 15) is 19.6 Å². The second-order valence-electron chi connectivity index (χ2n) is 4.79. The van der Waals surface area contributed by atoms with Gasteiger partial charge in [-0.3, -0.25) is 9.59 Å². The van der Waals surface area contributed by atoms with Crippen LogP contribution in [0.2, 0.25) is 0 Å². The summed E-state index contributed by atoms with van der Waals surface area (Å²) < 4.78 is 0. The Morgan fingerprint density at radius 2 is 1.95 bits per heavy atom. The standard InChI is InChI=1S/C14H15N3O4/c1-9(18)8-13(19)15-11-4-2-10(3-5-11)12-6-7-14(20)17(21)16-12/h2-5,17H,6-8H2,1H3,(H,15,19). The van der Waals surface area contributed by atoms with Crippen molar-refractivity contribution in [1.82, 2.24) is 0 Å². The molecule has 21 heavy (non-hydrogen) atoms. The van der Waals surface area contributed by atoms with Crippen LogP contribution in [-0.4, -0.2) is 23.3 Å². The molecule has 0 spiro atoms. The first-order valence-corrected chi connectivity index (χ1v) is 6.50. The van der Waals surface area contributed by atoms with Crippen LogP contribution in [0.4, 0.5) is 5.69 Å². The van der Waals surface area contributed by atoms with Crippen molar-refractivity contribution >= 4 is 29.0 Å². The minimum Gasteiger partial charge on any atom is -0.599 e. The summed E-state index contributed by atoms with van der Waals surface area (Å²) in [4.78, 5) is 33.4. The third-order valence-electron chi connectivity index (χ3n) is 2.98. The van der Waals surface area contributed by atoms with E-state index in [0.29, 0.717) is 17.8 Å². The molecule has 2 amide bonds. The number of nitrogens with one attached hydrogen (secondary N) is 2. The van der Waals surface area contributed by atoms with Gasteiger partial charge < -0.3 is 10.5 Å². The zero-order valence-corrected chi connectivity index (χ0v) is 11.5. The number of rotatable bonds is 4. The van der Waals surface area contributed by atoms with Gasteiger partial charge in [0.25, 0.3) is 0 Å². The largest absolute Gasteiger partial charge is 0.599 e. The zero-order valence-electron chi connectivity index (χ0n) is 11.5. The molecule has 0 saturated heterocycles. The number of hydrogen-bond acceptors (Lipinski definition) is 5. The van der Waals surface area contributed by atoms with Crippen molar-refractivity contribution in [2.45, 2.75) is 26.2 Å². The first kappa shape index (κ1) is 15.0. The van der Waals surface area contributed by atoms with Crippen LogP contribution in [0, 0.1) is 5.21 Å². The van der Waals surface area contributed by atoms with Gasteiger partial charge >= 0.3 is 5.91 Å². The molecule has 2 rings (SSSR count). The Hall–Kier alpha value is -2.38. The summed E-state index contributed by atoms with van der Waals surface area (Å²) in [6, 6.07) is 6.75. The van der Waals surface area contributed by atoms with Gasteiger partial charge in [0, 0.05) is 17.7 Å². The lowest BCUT2D eigenvalue weighted by molar-refractivity contribution is -0.773. The Bertz CT molecular complexity index is 607. The number of quaternary nitrogens is 1. The van der Waals surface area contributed by atoms with Crippen molar-refractivity contribution in [2.24, 2.45) is 5.10 Å². The zero-order chi connectivity index (χ0) is 15.4. The molecular weight excluding hydrogens is 274 g/mol. The van der Waals surface area contributed by atoms with E-state index < -0.39 is 11.1 Å². The van der Waals surface area contributed by atoms with Crippen LogP contribution in [0.1, 0.15) is 31.7 Å². The quantitative estimate of drug-likeness (QED) is 0.602. The summed E-state index contributed by atoms with van der Waals surface area (Å²) in [5.41, 5.74) is 1.87. The molecule has 0 aromatic heterocycles. The Morgan fingerprint density at radius 3 is 2.52 bits per heavy atom. The van der Waals surface area contributed by atoms with Gasteiger partial charge in [0.15, 0.2) is 0 Å². The van der Waals surface area contributed by atoms with E-state index in [2.05, 4.69) is 10.4 Å². The molecular formula is C14H15N3O4. The molecule has 1 aliphatic heterocycles. The first-order valence-electron chi connectivity index (χ1n) is 6.50. The number of anilines is 1. The summed E-state index contributed by atoms with van der Waals surface area (Å²) in [5.74, 6) is -1.04. The smallest absolute Gasteiger partial charge is 0.338 e. The van der Waals surface area contributed by atoms with E-state index in [1.54, 1.807) is 24.3 Å². The normalized spacial score (nSPS) is 18.1.